The van der Waals surface area contributed by atoms with Crippen molar-refractivity contribution in [2.75, 3.05) is 20.3 Å². The summed E-state index contributed by atoms with van der Waals surface area (Å²) in [5.74, 6) is 1.72. The van der Waals surface area contributed by atoms with E-state index in [4.69, 9.17) is 9.47 Å². The molecule has 2 aromatic carbocycles. The number of benzene rings is 2. The highest BCUT2D eigenvalue weighted by Gasteiger charge is 2.34. The quantitative estimate of drug-likeness (QED) is 0.334. The summed E-state index contributed by atoms with van der Waals surface area (Å²) in [6.07, 6.45) is 3.82. The number of hydrogen-bond donors (Lipinski definition) is 0. The molecule has 8 nitrogen and oxygen atoms in total. The molecular weight excluding hydrogens is 473 g/mol. The van der Waals surface area contributed by atoms with Crippen molar-refractivity contribution < 1.29 is 18.7 Å². The van der Waals surface area contributed by atoms with E-state index in [1.807, 2.05) is 73.1 Å². The SMILES string of the molecule is COc1ccc(CN2C[C@H]([C@@H](C)Oc3cc(-c4cnn(CCF)c4)cc4nn(C)c(C)c34)CC2=O)cc1. The van der Waals surface area contributed by atoms with E-state index in [1.54, 1.807) is 18.0 Å². The Morgan fingerprint density at radius 1 is 1.19 bits per heavy atom. The second kappa shape index (κ2) is 10.2. The number of alkyl halides is 1. The number of carbonyl (C=O) groups excluding carboxylic acids is 1. The number of rotatable bonds is 9. The van der Waals surface area contributed by atoms with Gasteiger partial charge in [0, 0.05) is 49.9 Å². The van der Waals surface area contributed by atoms with Crippen LogP contribution in [-0.2, 0) is 24.9 Å². The van der Waals surface area contributed by atoms with Crippen molar-refractivity contribution in [3.8, 4) is 22.6 Å². The Morgan fingerprint density at radius 3 is 2.70 bits per heavy atom. The molecule has 0 unspecified atom stereocenters. The lowest BCUT2D eigenvalue weighted by Crippen LogP contribution is -2.28. The maximum Gasteiger partial charge on any atom is 0.223 e. The summed E-state index contributed by atoms with van der Waals surface area (Å²) < 4.78 is 28.0. The number of halogens is 1. The molecule has 0 radical (unpaired) electrons. The second-order valence-electron chi connectivity index (χ2n) is 9.67. The first kappa shape index (κ1) is 24.8. The van der Waals surface area contributed by atoms with Crippen LogP contribution >= 0.6 is 0 Å². The van der Waals surface area contributed by atoms with Crippen molar-refractivity contribution in [2.24, 2.45) is 13.0 Å². The fraction of sp³-hybridized carbons (Fsp3) is 0.393. The van der Waals surface area contributed by atoms with E-state index in [0.29, 0.717) is 19.5 Å². The van der Waals surface area contributed by atoms with E-state index >= 15 is 0 Å². The van der Waals surface area contributed by atoms with Gasteiger partial charge in [-0.2, -0.15) is 10.2 Å². The summed E-state index contributed by atoms with van der Waals surface area (Å²) in [5.41, 5.74) is 4.67. The molecule has 1 aliphatic rings. The van der Waals surface area contributed by atoms with Crippen LogP contribution in [-0.4, -0.2) is 56.8 Å². The topological polar surface area (TPSA) is 74.4 Å². The lowest BCUT2D eigenvalue weighted by atomic mass is 10.0. The molecule has 4 aromatic rings. The Bertz CT molecular complexity index is 1410. The molecule has 194 valence electrons. The molecule has 0 N–H and O–H groups in total. The summed E-state index contributed by atoms with van der Waals surface area (Å²) in [5, 5.41) is 9.88. The molecule has 5 rings (SSSR count). The number of aromatic nitrogens is 4. The molecule has 1 aliphatic heterocycles. The van der Waals surface area contributed by atoms with E-state index in [2.05, 4.69) is 10.2 Å². The number of likely N-dealkylation sites (tertiary alicyclic amines) is 1. The Balaban J connectivity index is 1.36. The Kier molecular flexibility index (Phi) is 6.86. The number of aryl methyl sites for hydroxylation is 3. The van der Waals surface area contributed by atoms with Crippen LogP contribution in [0.25, 0.3) is 22.0 Å². The Morgan fingerprint density at radius 2 is 1.97 bits per heavy atom. The van der Waals surface area contributed by atoms with Gasteiger partial charge in [0.05, 0.1) is 30.8 Å². The molecule has 0 aliphatic carbocycles. The normalized spacial score (nSPS) is 16.5. The second-order valence-corrected chi connectivity index (χ2v) is 9.67. The van der Waals surface area contributed by atoms with Crippen molar-refractivity contribution in [1.29, 1.82) is 0 Å². The van der Waals surface area contributed by atoms with Gasteiger partial charge in [0.2, 0.25) is 5.91 Å². The molecule has 2 atom stereocenters. The van der Waals surface area contributed by atoms with Crippen molar-refractivity contribution in [2.45, 2.75) is 39.5 Å². The van der Waals surface area contributed by atoms with Crippen LogP contribution in [0.5, 0.6) is 11.5 Å². The first-order valence-corrected chi connectivity index (χ1v) is 12.5. The summed E-state index contributed by atoms with van der Waals surface area (Å²) >= 11 is 0. The lowest BCUT2D eigenvalue weighted by Gasteiger charge is -2.22. The van der Waals surface area contributed by atoms with Crippen LogP contribution in [0.15, 0.2) is 48.8 Å². The fourth-order valence-corrected chi connectivity index (χ4v) is 4.94. The van der Waals surface area contributed by atoms with Crippen LogP contribution in [0.4, 0.5) is 4.39 Å². The van der Waals surface area contributed by atoms with Gasteiger partial charge in [-0.05, 0) is 49.2 Å². The molecule has 0 spiro atoms. The summed E-state index contributed by atoms with van der Waals surface area (Å²) in [4.78, 5) is 14.7. The minimum Gasteiger partial charge on any atom is -0.497 e. The number of hydrogen-bond acceptors (Lipinski definition) is 5. The summed E-state index contributed by atoms with van der Waals surface area (Å²) in [7, 11) is 3.55. The van der Waals surface area contributed by atoms with Crippen molar-refractivity contribution in [3.05, 3.63) is 60.0 Å². The number of nitrogens with zero attached hydrogens (tertiary/aromatic N) is 5. The van der Waals surface area contributed by atoms with E-state index in [-0.39, 0.29) is 24.5 Å². The molecule has 1 fully saturated rings. The maximum absolute atomic E-state index is 12.8. The number of ether oxygens (including phenoxy) is 2. The molecule has 1 amide bonds. The third kappa shape index (κ3) is 5.03. The zero-order valence-corrected chi connectivity index (χ0v) is 21.6. The van der Waals surface area contributed by atoms with Crippen molar-refractivity contribution in [1.82, 2.24) is 24.5 Å². The molecule has 9 heteroatoms. The highest BCUT2D eigenvalue weighted by molar-refractivity contribution is 5.92. The van der Waals surface area contributed by atoms with Crippen LogP contribution in [0.3, 0.4) is 0 Å². The number of methoxy groups -OCH3 is 1. The fourth-order valence-electron chi connectivity index (χ4n) is 4.94. The lowest BCUT2D eigenvalue weighted by molar-refractivity contribution is -0.128. The van der Waals surface area contributed by atoms with Crippen LogP contribution < -0.4 is 9.47 Å². The minimum atomic E-state index is -0.471. The molecule has 2 aromatic heterocycles. The molecular formula is C28H32FN5O3. The molecule has 3 heterocycles. The Labute approximate surface area is 215 Å². The van der Waals surface area contributed by atoms with E-state index in [0.717, 1.165) is 44.8 Å². The number of amides is 1. The van der Waals surface area contributed by atoms with Gasteiger partial charge in [0.1, 0.15) is 24.3 Å². The third-order valence-electron chi connectivity index (χ3n) is 7.22. The minimum absolute atomic E-state index is 0.0636. The van der Waals surface area contributed by atoms with E-state index in [1.165, 1.54) is 0 Å². The maximum atomic E-state index is 12.8. The first-order chi connectivity index (χ1) is 17.9. The van der Waals surface area contributed by atoms with Gasteiger partial charge in [-0.1, -0.05) is 12.1 Å². The smallest absolute Gasteiger partial charge is 0.223 e. The predicted molar refractivity (Wildman–Crippen MR) is 139 cm³/mol. The van der Waals surface area contributed by atoms with Crippen LogP contribution in [0.2, 0.25) is 0 Å². The van der Waals surface area contributed by atoms with E-state index in [9.17, 15) is 9.18 Å². The largest absolute Gasteiger partial charge is 0.497 e. The van der Waals surface area contributed by atoms with Crippen LogP contribution in [0.1, 0.15) is 24.6 Å². The van der Waals surface area contributed by atoms with Gasteiger partial charge in [0.15, 0.2) is 0 Å². The van der Waals surface area contributed by atoms with Gasteiger partial charge >= 0.3 is 0 Å². The van der Waals surface area contributed by atoms with Gasteiger partial charge in [0.25, 0.3) is 0 Å². The average Bonchev–Trinajstić information content (AvgIpc) is 3.58. The predicted octanol–water partition coefficient (Wildman–Crippen LogP) is 4.54. The zero-order chi connectivity index (χ0) is 26.1. The van der Waals surface area contributed by atoms with Crippen molar-refractivity contribution >= 4 is 16.8 Å². The molecule has 0 bridgehead atoms. The van der Waals surface area contributed by atoms with Gasteiger partial charge in [-0.25, -0.2) is 4.39 Å². The Hall–Kier alpha value is -3.88. The van der Waals surface area contributed by atoms with Gasteiger partial charge in [-0.3, -0.25) is 14.2 Å². The molecule has 1 saturated heterocycles. The van der Waals surface area contributed by atoms with Crippen LogP contribution in [0, 0.1) is 12.8 Å². The molecule has 37 heavy (non-hydrogen) atoms. The standard InChI is InChI=1S/C28H32FN5O3/c1-18-28-25(31-32(18)3)11-21(23-14-30-34(17-23)10-9-29)12-26(28)37-19(2)22-13-27(35)33(16-22)15-20-5-7-24(36-4)8-6-20/h5-8,11-12,14,17,19,22H,9-10,13,15-16H2,1-4H3/t19-,22-/m1/s1. The number of carbonyl (C=O) groups is 1. The highest BCUT2D eigenvalue weighted by atomic mass is 19.1. The summed E-state index contributed by atoms with van der Waals surface area (Å²) in [6.45, 7) is 4.99. The van der Waals surface area contributed by atoms with Crippen molar-refractivity contribution in [3.63, 3.8) is 0 Å². The third-order valence-corrected chi connectivity index (χ3v) is 7.22. The average molecular weight is 506 g/mol. The molecule has 0 saturated carbocycles. The van der Waals surface area contributed by atoms with E-state index < -0.39 is 6.67 Å². The number of fused-ring (bicyclic) bond motifs is 1. The zero-order valence-electron chi connectivity index (χ0n) is 21.6. The summed E-state index contributed by atoms with van der Waals surface area (Å²) in [6, 6.07) is 11.8. The monoisotopic (exact) mass is 505 g/mol. The van der Waals surface area contributed by atoms with Gasteiger partial charge < -0.3 is 14.4 Å². The first-order valence-electron chi connectivity index (χ1n) is 12.5. The van der Waals surface area contributed by atoms with Gasteiger partial charge in [-0.15, -0.1) is 0 Å². The highest BCUT2D eigenvalue weighted by Crippen LogP contribution is 2.36.